The number of hydrogen-bond acceptors (Lipinski definition) is 1. The maximum atomic E-state index is 12.2. The molecule has 8 heteroatoms. The molecule has 1 aromatic heterocycles. The molecule has 0 spiro atoms. The number of hydrogen-bond donors (Lipinski definition) is 0. The van der Waals surface area contributed by atoms with Crippen LogP contribution in [-0.4, -0.2) is 11.2 Å². The van der Waals surface area contributed by atoms with E-state index in [1.54, 1.807) is 0 Å². The van der Waals surface area contributed by atoms with Crippen LogP contribution in [0.25, 0.3) is 0 Å². The van der Waals surface area contributed by atoms with E-state index in [0.29, 0.717) is 5.41 Å². The maximum absolute atomic E-state index is 12.2. The third-order valence-corrected chi connectivity index (χ3v) is 1.92. The van der Waals surface area contributed by atoms with Gasteiger partial charge in [0.25, 0.3) is 0 Å². The molecule has 1 heterocycles. The Morgan fingerprint density at radius 2 is 0.931 bits per heavy atom. The average Bonchev–Trinajstić information content (AvgIpc) is 2.46. The fraction of sp³-hybridized carbons (Fsp3) is 0.762. The summed E-state index contributed by atoms with van der Waals surface area (Å²) in [6, 6.07) is 2.48. The molecule has 0 unspecified atom stereocenters. The van der Waals surface area contributed by atoms with Crippen LogP contribution in [0.2, 0.25) is 0 Å². The van der Waals surface area contributed by atoms with E-state index in [2.05, 4.69) is 32.7 Å². The third-order valence-electron chi connectivity index (χ3n) is 1.92. The Morgan fingerprint density at radius 3 is 1.07 bits per heavy atom. The van der Waals surface area contributed by atoms with E-state index in [4.69, 9.17) is 0 Å². The zero-order valence-corrected chi connectivity index (χ0v) is 22.8. The van der Waals surface area contributed by atoms with Gasteiger partial charge < -0.3 is 0 Å². The van der Waals surface area contributed by atoms with E-state index < -0.39 is 18.0 Å². The second-order valence-electron chi connectivity index (χ2n) is 7.96. The molecular formula is C21H39F6NW. The monoisotopic (exact) mass is 603 g/mol. The molecule has 0 aromatic carbocycles. The molecule has 0 bridgehead atoms. The number of halogens is 6. The molecule has 0 radical (unpaired) electrons. The van der Waals surface area contributed by atoms with Crippen molar-refractivity contribution in [3.63, 3.8) is 0 Å². The molecule has 0 aliphatic heterocycles. The molecule has 0 N–H and O–H groups in total. The van der Waals surface area contributed by atoms with Crippen molar-refractivity contribution >= 4 is 0 Å². The summed E-state index contributed by atoms with van der Waals surface area (Å²) < 4.78 is 67.5. The number of nitrogens with zero attached hydrogens (tertiary/aromatic N) is 1. The molecule has 0 aliphatic rings. The molecule has 0 amide bonds. The standard InChI is InChI=1S/C10H12F3N.C5H12.C2H3F3.2C2H6.W/c1-9(2,3)7-4-5-8(14-6-7)10(11,12)13;1-5(2,3)4;1-2(3,4)5;2*1-2;/h4-6H,1-3H3;1-4H3;1H3;2*1-2H3;. The maximum Gasteiger partial charge on any atom is 0.433 e. The summed E-state index contributed by atoms with van der Waals surface area (Å²) in [5, 5.41) is 0. The van der Waals surface area contributed by atoms with Gasteiger partial charge in [0.1, 0.15) is 5.69 Å². The summed E-state index contributed by atoms with van der Waals surface area (Å²) in [7, 11) is 0. The Balaban J connectivity index is -0.000000107. The van der Waals surface area contributed by atoms with Crippen LogP contribution in [0.15, 0.2) is 18.3 Å². The smallest absolute Gasteiger partial charge is 0.251 e. The summed E-state index contributed by atoms with van der Waals surface area (Å²) in [6.45, 7) is 22.7. The van der Waals surface area contributed by atoms with Crippen LogP contribution in [0.1, 0.15) is 94.3 Å². The summed E-state index contributed by atoms with van der Waals surface area (Å²) in [5.74, 6) is 0. The topological polar surface area (TPSA) is 12.9 Å². The van der Waals surface area contributed by atoms with Crippen LogP contribution < -0.4 is 0 Å². The van der Waals surface area contributed by atoms with Gasteiger partial charge in [0, 0.05) is 34.2 Å². The quantitative estimate of drug-likeness (QED) is 0.270. The van der Waals surface area contributed by atoms with Gasteiger partial charge in [-0.05, 0) is 22.5 Å². The van der Waals surface area contributed by atoms with Gasteiger partial charge in [0.05, 0.1) is 0 Å². The third kappa shape index (κ3) is 38.6. The first kappa shape index (κ1) is 39.0. The minimum absolute atomic E-state index is 0. The normalized spacial score (nSPS) is 10.8. The Kier molecular flexibility index (Phi) is 23.0. The average molecular weight is 603 g/mol. The van der Waals surface area contributed by atoms with Gasteiger partial charge in [-0.15, -0.1) is 0 Å². The van der Waals surface area contributed by atoms with Crippen molar-refractivity contribution in [2.45, 2.75) is 101 Å². The van der Waals surface area contributed by atoms with Gasteiger partial charge in [-0.3, -0.25) is 4.98 Å². The van der Waals surface area contributed by atoms with Gasteiger partial charge in [0.2, 0.25) is 0 Å². The molecular weight excluding hydrogens is 564 g/mol. The van der Waals surface area contributed by atoms with E-state index in [9.17, 15) is 26.3 Å². The van der Waals surface area contributed by atoms with Gasteiger partial charge >= 0.3 is 12.4 Å². The van der Waals surface area contributed by atoms with E-state index in [-0.39, 0.29) is 33.4 Å². The molecule has 29 heavy (non-hydrogen) atoms. The summed E-state index contributed by atoms with van der Waals surface area (Å²) >= 11 is 0. The Hall–Kier alpha value is -0.582. The number of alkyl halides is 6. The predicted octanol–water partition coefficient (Wildman–Crippen LogP) is 9.07. The van der Waals surface area contributed by atoms with Gasteiger partial charge in [-0.1, -0.05) is 82.2 Å². The minimum Gasteiger partial charge on any atom is -0.251 e. The molecule has 1 aromatic rings. The first-order valence-corrected chi connectivity index (χ1v) is 9.32. The molecule has 1 nitrogen and oxygen atoms in total. The zero-order chi connectivity index (χ0) is 24.0. The second kappa shape index (κ2) is 17.1. The van der Waals surface area contributed by atoms with E-state index in [1.807, 2.05) is 48.5 Å². The fourth-order valence-electron chi connectivity index (χ4n) is 1.01. The largest absolute Gasteiger partial charge is 0.433 e. The van der Waals surface area contributed by atoms with Crippen LogP contribution in [-0.2, 0) is 32.7 Å². The fourth-order valence-corrected chi connectivity index (χ4v) is 1.01. The molecule has 0 atom stereocenters. The number of aromatic nitrogens is 1. The van der Waals surface area contributed by atoms with Crippen LogP contribution in [0.3, 0.4) is 0 Å². The van der Waals surface area contributed by atoms with Gasteiger partial charge in [0.15, 0.2) is 0 Å². The van der Waals surface area contributed by atoms with Gasteiger partial charge in [-0.2, -0.15) is 26.3 Å². The second-order valence-corrected chi connectivity index (χ2v) is 7.96. The molecule has 1 rings (SSSR count). The summed E-state index contributed by atoms with van der Waals surface area (Å²) in [4.78, 5) is 3.39. The Bertz CT molecular complexity index is 409. The van der Waals surface area contributed by atoms with Crippen molar-refractivity contribution in [1.29, 1.82) is 0 Å². The first-order chi connectivity index (χ1) is 12.2. The van der Waals surface area contributed by atoms with Crippen molar-refractivity contribution in [3.8, 4) is 0 Å². The van der Waals surface area contributed by atoms with Crippen LogP contribution in [0.5, 0.6) is 0 Å². The van der Waals surface area contributed by atoms with Crippen molar-refractivity contribution in [3.05, 3.63) is 29.6 Å². The number of pyridine rings is 1. The first-order valence-electron chi connectivity index (χ1n) is 9.32. The molecule has 176 valence electrons. The minimum atomic E-state index is -4.35. The molecule has 0 saturated heterocycles. The van der Waals surface area contributed by atoms with Crippen LogP contribution >= 0.6 is 0 Å². The van der Waals surface area contributed by atoms with Crippen molar-refractivity contribution in [1.82, 2.24) is 4.98 Å². The van der Waals surface area contributed by atoms with E-state index in [0.717, 1.165) is 11.6 Å². The van der Waals surface area contributed by atoms with Gasteiger partial charge in [-0.25, -0.2) is 0 Å². The van der Waals surface area contributed by atoms with Crippen LogP contribution in [0.4, 0.5) is 26.3 Å². The predicted molar refractivity (Wildman–Crippen MR) is 107 cm³/mol. The zero-order valence-electron chi connectivity index (χ0n) is 19.9. The summed E-state index contributed by atoms with van der Waals surface area (Å²) in [5.41, 5.74) is 0.285. The van der Waals surface area contributed by atoms with Crippen LogP contribution in [0, 0.1) is 5.41 Å². The van der Waals surface area contributed by atoms with Crippen molar-refractivity contribution in [2.24, 2.45) is 5.41 Å². The SMILES string of the molecule is CC.CC.CC(C)(C)C.CC(C)(C)c1ccc(C(F)(F)F)nc1.CC(F)(F)F.[W]. The van der Waals surface area contributed by atoms with E-state index >= 15 is 0 Å². The Morgan fingerprint density at radius 1 is 0.655 bits per heavy atom. The van der Waals surface area contributed by atoms with Crippen molar-refractivity contribution < 1.29 is 47.4 Å². The molecule has 0 aliphatic carbocycles. The number of rotatable bonds is 0. The molecule has 0 fully saturated rings. The Labute approximate surface area is 188 Å². The summed E-state index contributed by atoms with van der Waals surface area (Å²) in [6.07, 6.45) is -7.07. The van der Waals surface area contributed by atoms with E-state index in [1.165, 1.54) is 12.3 Å². The van der Waals surface area contributed by atoms with Crippen molar-refractivity contribution in [2.75, 3.05) is 0 Å². The molecule has 0 saturated carbocycles.